The second kappa shape index (κ2) is 10.9. The van der Waals surface area contributed by atoms with E-state index in [0.29, 0.717) is 18.1 Å². The minimum absolute atomic E-state index is 0. The molecule has 138 valence electrons. The third kappa shape index (κ3) is 6.48. The van der Waals surface area contributed by atoms with Crippen molar-refractivity contribution in [2.45, 2.75) is 26.3 Å². The first kappa shape index (κ1) is 21.1. The van der Waals surface area contributed by atoms with Crippen molar-refractivity contribution in [3.63, 3.8) is 0 Å². The SMILES string of the molecule is CCNC(=NCc1ccccc1[N+](=O)[O-])NCC(=O)N1CCCC1.I. The maximum atomic E-state index is 12.1. The first-order chi connectivity index (χ1) is 11.6. The van der Waals surface area contributed by atoms with Gasteiger partial charge in [0.25, 0.3) is 5.69 Å². The number of hydrogen-bond acceptors (Lipinski definition) is 4. The number of carbonyl (C=O) groups excluding carboxylic acids is 1. The second-order valence-corrected chi connectivity index (χ2v) is 5.52. The van der Waals surface area contributed by atoms with E-state index in [4.69, 9.17) is 0 Å². The summed E-state index contributed by atoms with van der Waals surface area (Å²) in [6, 6.07) is 6.52. The van der Waals surface area contributed by atoms with Crippen LogP contribution in [-0.2, 0) is 11.3 Å². The molecule has 8 nitrogen and oxygen atoms in total. The highest BCUT2D eigenvalue weighted by Gasteiger charge is 2.18. The van der Waals surface area contributed by atoms with Gasteiger partial charge in [-0.25, -0.2) is 4.99 Å². The molecule has 2 rings (SSSR count). The molecule has 0 unspecified atom stereocenters. The van der Waals surface area contributed by atoms with Crippen molar-refractivity contribution < 1.29 is 9.72 Å². The van der Waals surface area contributed by atoms with E-state index in [0.717, 1.165) is 25.9 Å². The number of aliphatic imine (C=N–C) groups is 1. The van der Waals surface area contributed by atoms with E-state index in [-0.39, 0.29) is 48.7 Å². The van der Waals surface area contributed by atoms with Gasteiger partial charge < -0.3 is 15.5 Å². The number of para-hydroxylation sites is 1. The molecular formula is C16H24IN5O3. The predicted octanol–water partition coefficient (Wildman–Crippen LogP) is 1.89. The summed E-state index contributed by atoms with van der Waals surface area (Å²) in [5, 5.41) is 17.1. The molecule has 0 aromatic heterocycles. The van der Waals surface area contributed by atoms with Gasteiger partial charge in [-0.2, -0.15) is 0 Å². The minimum Gasteiger partial charge on any atom is -0.357 e. The van der Waals surface area contributed by atoms with Crippen LogP contribution in [-0.4, -0.2) is 47.9 Å². The number of guanidine groups is 1. The van der Waals surface area contributed by atoms with E-state index in [1.54, 1.807) is 18.2 Å². The highest BCUT2D eigenvalue weighted by atomic mass is 127. The van der Waals surface area contributed by atoms with Crippen LogP contribution in [0.3, 0.4) is 0 Å². The Balaban J connectivity index is 0.00000312. The molecule has 25 heavy (non-hydrogen) atoms. The molecule has 1 heterocycles. The lowest BCUT2D eigenvalue weighted by atomic mass is 10.2. The molecule has 1 aromatic carbocycles. The number of halogens is 1. The molecule has 0 radical (unpaired) electrons. The van der Waals surface area contributed by atoms with Crippen LogP contribution < -0.4 is 10.6 Å². The number of carbonyl (C=O) groups is 1. The lowest BCUT2D eigenvalue weighted by Gasteiger charge is -2.17. The molecule has 1 saturated heterocycles. The second-order valence-electron chi connectivity index (χ2n) is 5.52. The first-order valence-electron chi connectivity index (χ1n) is 8.14. The standard InChI is InChI=1S/C16H23N5O3.HI/c1-2-17-16(19-12-15(22)20-9-5-6-10-20)18-11-13-7-3-4-8-14(13)21(23)24;/h3-4,7-8H,2,5-6,9-12H2,1H3,(H2,17,18,19);1H. The average Bonchev–Trinajstić information content (AvgIpc) is 3.12. The van der Waals surface area contributed by atoms with Crippen LogP contribution >= 0.6 is 24.0 Å². The number of nitrogens with zero attached hydrogens (tertiary/aromatic N) is 3. The van der Waals surface area contributed by atoms with Crippen LogP contribution in [0.15, 0.2) is 29.3 Å². The van der Waals surface area contributed by atoms with Crippen LogP contribution in [0.25, 0.3) is 0 Å². The molecule has 1 amide bonds. The predicted molar refractivity (Wildman–Crippen MR) is 107 cm³/mol. The van der Waals surface area contributed by atoms with Crippen molar-refractivity contribution in [2.24, 2.45) is 4.99 Å². The van der Waals surface area contributed by atoms with Gasteiger partial charge in [-0.3, -0.25) is 14.9 Å². The number of nitro benzene ring substituents is 1. The fourth-order valence-corrected chi connectivity index (χ4v) is 2.57. The van der Waals surface area contributed by atoms with Gasteiger partial charge in [0.05, 0.1) is 23.6 Å². The van der Waals surface area contributed by atoms with E-state index in [1.807, 2.05) is 11.8 Å². The smallest absolute Gasteiger partial charge is 0.274 e. The van der Waals surface area contributed by atoms with Gasteiger partial charge in [-0.05, 0) is 19.8 Å². The average molecular weight is 461 g/mol. The molecule has 0 aliphatic carbocycles. The summed E-state index contributed by atoms with van der Waals surface area (Å²) in [7, 11) is 0. The topological polar surface area (TPSA) is 99.9 Å². The highest BCUT2D eigenvalue weighted by Crippen LogP contribution is 2.18. The van der Waals surface area contributed by atoms with Crippen molar-refractivity contribution >= 4 is 41.5 Å². The first-order valence-corrected chi connectivity index (χ1v) is 8.14. The molecule has 2 N–H and O–H groups in total. The summed E-state index contributed by atoms with van der Waals surface area (Å²) >= 11 is 0. The third-order valence-corrected chi connectivity index (χ3v) is 3.81. The van der Waals surface area contributed by atoms with E-state index in [2.05, 4.69) is 15.6 Å². The van der Waals surface area contributed by atoms with Crippen LogP contribution in [0.5, 0.6) is 0 Å². The Morgan fingerprint density at radius 2 is 1.96 bits per heavy atom. The van der Waals surface area contributed by atoms with Crippen molar-refractivity contribution in [2.75, 3.05) is 26.2 Å². The quantitative estimate of drug-likeness (QED) is 0.222. The molecule has 0 atom stereocenters. The fourth-order valence-electron chi connectivity index (χ4n) is 2.57. The van der Waals surface area contributed by atoms with Crippen molar-refractivity contribution in [1.29, 1.82) is 0 Å². The van der Waals surface area contributed by atoms with Crippen molar-refractivity contribution in [1.82, 2.24) is 15.5 Å². The summed E-state index contributed by atoms with van der Waals surface area (Å²) in [5.74, 6) is 0.520. The third-order valence-electron chi connectivity index (χ3n) is 3.81. The summed E-state index contributed by atoms with van der Waals surface area (Å²) in [4.78, 5) is 28.9. The van der Waals surface area contributed by atoms with Crippen LogP contribution in [0.4, 0.5) is 5.69 Å². The van der Waals surface area contributed by atoms with Gasteiger partial charge in [0.1, 0.15) is 0 Å². The van der Waals surface area contributed by atoms with Gasteiger partial charge in [0.15, 0.2) is 5.96 Å². The van der Waals surface area contributed by atoms with Crippen LogP contribution in [0.1, 0.15) is 25.3 Å². The van der Waals surface area contributed by atoms with Crippen LogP contribution in [0, 0.1) is 10.1 Å². The maximum Gasteiger partial charge on any atom is 0.274 e. The van der Waals surface area contributed by atoms with Gasteiger partial charge in [0.2, 0.25) is 5.91 Å². The zero-order chi connectivity index (χ0) is 17.4. The van der Waals surface area contributed by atoms with E-state index < -0.39 is 4.92 Å². The monoisotopic (exact) mass is 461 g/mol. The zero-order valence-corrected chi connectivity index (χ0v) is 16.6. The largest absolute Gasteiger partial charge is 0.357 e. The molecule has 0 saturated carbocycles. The van der Waals surface area contributed by atoms with E-state index in [9.17, 15) is 14.9 Å². The number of likely N-dealkylation sites (tertiary alicyclic amines) is 1. The molecule has 0 spiro atoms. The zero-order valence-electron chi connectivity index (χ0n) is 14.2. The Morgan fingerprint density at radius 1 is 1.28 bits per heavy atom. The number of amides is 1. The number of hydrogen-bond donors (Lipinski definition) is 2. The number of nitrogens with one attached hydrogen (secondary N) is 2. The summed E-state index contributed by atoms with van der Waals surface area (Å²) in [6.45, 7) is 4.52. The lowest BCUT2D eigenvalue weighted by Crippen LogP contribution is -2.44. The molecular weight excluding hydrogens is 437 g/mol. The van der Waals surface area contributed by atoms with Gasteiger partial charge >= 0.3 is 0 Å². The van der Waals surface area contributed by atoms with Crippen LogP contribution in [0.2, 0.25) is 0 Å². The number of nitro groups is 1. The normalized spacial score (nSPS) is 14.0. The fraction of sp³-hybridized carbons (Fsp3) is 0.500. The Hall–Kier alpha value is -1.91. The van der Waals surface area contributed by atoms with Gasteiger partial charge in [-0.15, -0.1) is 24.0 Å². The minimum atomic E-state index is -0.415. The number of benzene rings is 1. The Bertz CT molecular complexity index is 618. The maximum absolute atomic E-state index is 12.1. The van der Waals surface area contributed by atoms with Crippen molar-refractivity contribution in [3.05, 3.63) is 39.9 Å². The molecule has 1 aliphatic rings. The van der Waals surface area contributed by atoms with E-state index in [1.165, 1.54) is 6.07 Å². The summed E-state index contributed by atoms with van der Waals surface area (Å²) in [6.07, 6.45) is 2.11. The number of rotatable bonds is 6. The summed E-state index contributed by atoms with van der Waals surface area (Å²) in [5.41, 5.74) is 0.579. The molecule has 1 aromatic rings. The van der Waals surface area contributed by atoms with Crippen molar-refractivity contribution in [3.8, 4) is 0 Å². The Labute approximate surface area is 164 Å². The van der Waals surface area contributed by atoms with Gasteiger partial charge in [-0.1, -0.05) is 18.2 Å². The lowest BCUT2D eigenvalue weighted by molar-refractivity contribution is -0.385. The molecule has 0 bridgehead atoms. The Morgan fingerprint density at radius 3 is 2.60 bits per heavy atom. The molecule has 1 aliphatic heterocycles. The Kier molecular flexibility index (Phi) is 9.17. The van der Waals surface area contributed by atoms with Gasteiger partial charge in [0, 0.05) is 25.7 Å². The highest BCUT2D eigenvalue weighted by molar-refractivity contribution is 14.0. The molecule has 1 fully saturated rings. The molecule has 9 heteroatoms. The van der Waals surface area contributed by atoms with E-state index >= 15 is 0 Å². The summed E-state index contributed by atoms with van der Waals surface area (Å²) < 4.78 is 0.